The van der Waals surface area contributed by atoms with E-state index in [1.807, 2.05) is 25.2 Å². The minimum absolute atomic E-state index is 0.165. The molecule has 0 saturated carbocycles. The van der Waals surface area contributed by atoms with Crippen LogP contribution in [0.4, 0.5) is 0 Å². The van der Waals surface area contributed by atoms with Gasteiger partial charge in [0.25, 0.3) is 0 Å². The molecule has 0 N–H and O–H groups in total. The van der Waals surface area contributed by atoms with Crippen molar-refractivity contribution in [2.45, 2.75) is 39.4 Å². The van der Waals surface area contributed by atoms with Crippen LogP contribution < -0.4 is 0 Å². The molecule has 0 saturated heterocycles. The van der Waals surface area contributed by atoms with Crippen molar-refractivity contribution in [1.29, 1.82) is 0 Å². The van der Waals surface area contributed by atoms with E-state index in [2.05, 4.69) is 41.5 Å². The maximum absolute atomic E-state index is 11.4. The molecule has 0 aliphatic carbocycles. The van der Waals surface area contributed by atoms with Gasteiger partial charge < -0.3 is 4.67 Å². The van der Waals surface area contributed by atoms with Gasteiger partial charge in [-0.3, -0.25) is 4.79 Å². The van der Waals surface area contributed by atoms with Crippen LogP contribution in [0, 0.1) is 0 Å². The van der Waals surface area contributed by atoms with Gasteiger partial charge in [0.15, 0.2) is 8.24 Å². The first-order valence-electron chi connectivity index (χ1n) is 6.62. The second-order valence-corrected chi connectivity index (χ2v) is 10.9. The Bertz CT molecular complexity index is 449. The second-order valence-electron chi connectivity index (χ2n) is 5.90. The molecular formula is C15H24N2OSi. The quantitative estimate of drug-likeness (QED) is 0.453. The first kappa shape index (κ1) is 15.6. The Kier molecular flexibility index (Phi) is 5.48. The van der Waals surface area contributed by atoms with Gasteiger partial charge in [-0.15, -0.1) is 0 Å². The van der Waals surface area contributed by atoms with E-state index in [0.29, 0.717) is 6.42 Å². The number of carbonyl (C=O) groups excluding carboxylic acids is 1. The van der Waals surface area contributed by atoms with Gasteiger partial charge in [-0.1, -0.05) is 50.0 Å². The molecule has 0 aliphatic rings. The Balaban J connectivity index is 2.89. The van der Waals surface area contributed by atoms with Gasteiger partial charge in [0, 0.05) is 25.6 Å². The zero-order valence-electron chi connectivity index (χ0n) is 12.6. The van der Waals surface area contributed by atoms with E-state index in [0.717, 1.165) is 12.1 Å². The molecule has 0 amide bonds. The average Bonchev–Trinajstić information content (AvgIpc) is 2.28. The smallest absolute Gasteiger partial charge is 0.168 e. The van der Waals surface area contributed by atoms with Crippen LogP contribution in [0.15, 0.2) is 35.4 Å². The highest BCUT2D eigenvalue weighted by atomic mass is 28.3. The highest BCUT2D eigenvalue weighted by molar-refractivity contribution is 6.73. The van der Waals surface area contributed by atoms with Crippen molar-refractivity contribution in [3.63, 3.8) is 0 Å². The van der Waals surface area contributed by atoms with Crippen LogP contribution in [-0.4, -0.2) is 31.5 Å². The summed E-state index contributed by atoms with van der Waals surface area (Å²) >= 11 is 0. The molecule has 0 unspecified atom stereocenters. The van der Waals surface area contributed by atoms with Crippen molar-refractivity contribution in [2.24, 2.45) is 5.10 Å². The first-order valence-corrected chi connectivity index (χ1v) is 10.1. The van der Waals surface area contributed by atoms with E-state index in [4.69, 9.17) is 0 Å². The molecule has 0 bridgehead atoms. The largest absolute Gasteiger partial charge is 0.328 e. The van der Waals surface area contributed by atoms with Gasteiger partial charge in [0.2, 0.25) is 0 Å². The third kappa shape index (κ3) is 5.83. The summed E-state index contributed by atoms with van der Waals surface area (Å²) in [6, 6.07) is 10.2. The predicted octanol–water partition coefficient (Wildman–Crippen LogP) is 3.33. The lowest BCUT2D eigenvalue weighted by Crippen LogP contribution is -2.40. The van der Waals surface area contributed by atoms with E-state index >= 15 is 0 Å². The van der Waals surface area contributed by atoms with E-state index in [-0.39, 0.29) is 5.78 Å². The zero-order valence-corrected chi connectivity index (χ0v) is 13.6. The normalized spacial score (nSPS) is 12.4. The van der Waals surface area contributed by atoms with Crippen molar-refractivity contribution in [3.05, 3.63) is 35.9 Å². The molecule has 0 atom stereocenters. The van der Waals surface area contributed by atoms with Crippen LogP contribution in [0.25, 0.3) is 0 Å². The van der Waals surface area contributed by atoms with Crippen LogP contribution in [0.5, 0.6) is 0 Å². The average molecular weight is 276 g/mol. The van der Waals surface area contributed by atoms with Crippen LogP contribution in [-0.2, 0) is 11.2 Å². The Morgan fingerprint density at radius 2 is 1.79 bits per heavy atom. The fraction of sp³-hybridized carbons (Fsp3) is 0.467. The number of benzene rings is 1. The third-order valence-corrected chi connectivity index (χ3v) is 5.01. The van der Waals surface area contributed by atoms with Gasteiger partial charge in [-0.25, -0.2) is 0 Å². The van der Waals surface area contributed by atoms with Gasteiger partial charge >= 0.3 is 0 Å². The standard InChI is InChI=1S/C15H24N2OSi/c1-13(18)11-15(16-17(2)19(3,4)5)12-14-9-7-6-8-10-14/h6-10H,11-12H2,1-5H3. The minimum Gasteiger partial charge on any atom is -0.328 e. The number of hydrazone groups is 1. The van der Waals surface area contributed by atoms with Crippen LogP contribution in [0.1, 0.15) is 18.9 Å². The van der Waals surface area contributed by atoms with Crippen molar-refractivity contribution in [3.8, 4) is 0 Å². The van der Waals surface area contributed by atoms with E-state index in [1.165, 1.54) is 5.56 Å². The van der Waals surface area contributed by atoms with E-state index in [9.17, 15) is 4.79 Å². The molecule has 19 heavy (non-hydrogen) atoms. The number of nitrogens with zero attached hydrogens (tertiary/aromatic N) is 2. The number of carbonyl (C=O) groups is 1. The maximum atomic E-state index is 11.4. The van der Waals surface area contributed by atoms with Gasteiger partial charge in [0.05, 0.1) is 0 Å². The molecule has 1 aromatic carbocycles. The van der Waals surface area contributed by atoms with Crippen molar-refractivity contribution < 1.29 is 4.79 Å². The number of hydrogen-bond donors (Lipinski definition) is 0. The molecule has 0 aromatic heterocycles. The fourth-order valence-electron chi connectivity index (χ4n) is 1.61. The monoisotopic (exact) mass is 276 g/mol. The van der Waals surface area contributed by atoms with Crippen LogP contribution in [0.3, 0.4) is 0 Å². The van der Waals surface area contributed by atoms with Crippen molar-refractivity contribution in [1.82, 2.24) is 4.67 Å². The topological polar surface area (TPSA) is 32.7 Å². The van der Waals surface area contributed by atoms with Crippen LogP contribution in [0.2, 0.25) is 19.6 Å². The maximum Gasteiger partial charge on any atom is 0.168 e. The molecule has 0 aliphatic heterocycles. The molecule has 1 aromatic rings. The SMILES string of the molecule is CC(=O)CC(Cc1ccccc1)=NN(C)[Si](C)(C)C. The van der Waals surface area contributed by atoms with Gasteiger partial charge in [-0.05, 0) is 12.5 Å². The molecular weight excluding hydrogens is 252 g/mol. The zero-order chi connectivity index (χ0) is 14.5. The Morgan fingerprint density at radius 1 is 1.21 bits per heavy atom. The Labute approximate surface area is 117 Å². The Hall–Kier alpha value is -1.42. The van der Waals surface area contributed by atoms with Gasteiger partial charge in [0.1, 0.15) is 5.78 Å². The summed E-state index contributed by atoms with van der Waals surface area (Å²) in [5, 5.41) is 4.67. The lowest BCUT2D eigenvalue weighted by molar-refractivity contribution is -0.115. The summed E-state index contributed by atoms with van der Waals surface area (Å²) in [6.45, 7) is 8.34. The van der Waals surface area contributed by atoms with Crippen LogP contribution >= 0.6 is 0 Å². The fourth-order valence-corrected chi connectivity index (χ4v) is 2.06. The summed E-state index contributed by atoms with van der Waals surface area (Å²) in [5.41, 5.74) is 2.15. The third-order valence-electron chi connectivity index (χ3n) is 2.97. The molecule has 4 heteroatoms. The molecule has 0 radical (unpaired) electrons. The highest BCUT2D eigenvalue weighted by Crippen LogP contribution is 2.10. The molecule has 0 spiro atoms. The summed E-state index contributed by atoms with van der Waals surface area (Å²) in [6.07, 6.45) is 1.18. The van der Waals surface area contributed by atoms with E-state index < -0.39 is 8.24 Å². The number of rotatable bonds is 6. The van der Waals surface area contributed by atoms with Crippen molar-refractivity contribution >= 4 is 19.7 Å². The molecule has 1 rings (SSSR count). The lowest BCUT2D eigenvalue weighted by atomic mass is 10.1. The predicted molar refractivity (Wildman–Crippen MR) is 84.0 cm³/mol. The number of ketones is 1. The number of Topliss-reactive ketones (excluding diaryl/α,β-unsaturated/α-hetero) is 1. The summed E-state index contributed by atoms with van der Waals surface area (Å²) in [7, 11) is 0.554. The molecule has 104 valence electrons. The molecule has 0 heterocycles. The highest BCUT2D eigenvalue weighted by Gasteiger charge is 2.19. The summed E-state index contributed by atoms with van der Waals surface area (Å²) in [5.74, 6) is 0.165. The molecule has 3 nitrogen and oxygen atoms in total. The lowest BCUT2D eigenvalue weighted by Gasteiger charge is -2.28. The molecule has 0 fully saturated rings. The second kappa shape index (κ2) is 6.66. The Morgan fingerprint density at radius 3 is 2.26 bits per heavy atom. The van der Waals surface area contributed by atoms with Crippen molar-refractivity contribution in [2.75, 3.05) is 7.05 Å². The summed E-state index contributed by atoms with van der Waals surface area (Å²) < 4.78 is 2.06. The summed E-state index contributed by atoms with van der Waals surface area (Å²) in [4.78, 5) is 11.4. The first-order chi connectivity index (χ1) is 8.79. The number of hydrogen-bond acceptors (Lipinski definition) is 3. The van der Waals surface area contributed by atoms with Gasteiger partial charge in [-0.2, -0.15) is 5.10 Å². The minimum atomic E-state index is -1.46. The van der Waals surface area contributed by atoms with E-state index in [1.54, 1.807) is 6.92 Å².